The van der Waals surface area contributed by atoms with E-state index < -0.39 is 0 Å². The lowest BCUT2D eigenvalue weighted by atomic mass is 10.2. The fourth-order valence-electron chi connectivity index (χ4n) is 2.92. The Balaban J connectivity index is 1.41. The van der Waals surface area contributed by atoms with E-state index in [1.807, 2.05) is 34.9 Å². The highest BCUT2D eigenvalue weighted by atomic mass is 16.2. The molecule has 0 bridgehead atoms. The van der Waals surface area contributed by atoms with Gasteiger partial charge >= 0.3 is 6.03 Å². The molecule has 0 aliphatic carbocycles. The second kappa shape index (κ2) is 7.92. The van der Waals surface area contributed by atoms with Gasteiger partial charge in [0.25, 0.3) is 0 Å². The number of aromatic nitrogens is 3. The Labute approximate surface area is 142 Å². The van der Waals surface area contributed by atoms with Crippen LogP contribution in [-0.2, 0) is 13.1 Å². The van der Waals surface area contributed by atoms with Gasteiger partial charge in [-0.3, -0.25) is 9.88 Å². The highest BCUT2D eigenvalue weighted by molar-refractivity contribution is 5.74. The van der Waals surface area contributed by atoms with Crippen LogP contribution < -0.4 is 5.32 Å². The second-order valence-electron chi connectivity index (χ2n) is 6.23. The second-order valence-corrected chi connectivity index (χ2v) is 6.23. The Bertz CT molecular complexity index is 622. The summed E-state index contributed by atoms with van der Waals surface area (Å²) in [6.45, 7) is 6.91. The van der Waals surface area contributed by atoms with Crippen LogP contribution in [0.5, 0.6) is 0 Å². The zero-order valence-electron chi connectivity index (χ0n) is 14.0. The summed E-state index contributed by atoms with van der Waals surface area (Å²) in [6, 6.07) is 4.13. The number of carbonyl (C=O) groups is 1. The molecule has 1 aliphatic rings. The van der Waals surface area contributed by atoms with Gasteiger partial charge in [-0.05, 0) is 18.6 Å². The first-order chi connectivity index (χ1) is 11.7. The fraction of sp³-hybridized carbons (Fsp3) is 0.471. The zero-order chi connectivity index (χ0) is 16.8. The van der Waals surface area contributed by atoms with Crippen molar-refractivity contribution in [3.05, 3.63) is 48.8 Å². The molecule has 2 aromatic heterocycles. The van der Waals surface area contributed by atoms with Gasteiger partial charge in [-0.15, -0.1) is 0 Å². The number of hydrogen-bond donors (Lipinski definition) is 1. The first kappa shape index (κ1) is 16.4. The molecule has 7 heteroatoms. The summed E-state index contributed by atoms with van der Waals surface area (Å²) >= 11 is 0. The summed E-state index contributed by atoms with van der Waals surface area (Å²) in [5, 5.41) is 3.06. The number of nitrogens with zero attached hydrogens (tertiary/aromatic N) is 5. The first-order valence-corrected chi connectivity index (χ1v) is 8.33. The van der Waals surface area contributed by atoms with Crippen LogP contribution in [0.3, 0.4) is 0 Å². The van der Waals surface area contributed by atoms with Crippen molar-refractivity contribution in [2.75, 3.05) is 26.2 Å². The number of nitrogens with one attached hydrogen (secondary N) is 1. The van der Waals surface area contributed by atoms with E-state index >= 15 is 0 Å². The van der Waals surface area contributed by atoms with E-state index in [1.54, 1.807) is 18.7 Å². The molecule has 0 radical (unpaired) electrons. The molecule has 1 saturated heterocycles. The van der Waals surface area contributed by atoms with Gasteiger partial charge in [0.1, 0.15) is 0 Å². The maximum atomic E-state index is 12.4. The Hall–Kier alpha value is -2.41. The number of pyridine rings is 1. The maximum absolute atomic E-state index is 12.4. The van der Waals surface area contributed by atoms with Crippen LogP contribution in [0.2, 0.25) is 0 Å². The van der Waals surface area contributed by atoms with Crippen LogP contribution in [0.25, 0.3) is 0 Å². The van der Waals surface area contributed by atoms with Crippen LogP contribution in [0.15, 0.2) is 43.2 Å². The SMILES string of the molecule is C[C@H](Cn1ccnc1)NC(=O)N1CCN(Cc2cccnc2)CC1. The van der Waals surface area contributed by atoms with Gasteiger partial charge in [-0.1, -0.05) is 6.07 Å². The first-order valence-electron chi connectivity index (χ1n) is 8.33. The summed E-state index contributed by atoms with van der Waals surface area (Å²) in [5.74, 6) is 0. The monoisotopic (exact) mass is 328 g/mol. The molecular weight excluding hydrogens is 304 g/mol. The van der Waals surface area contributed by atoms with Gasteiger partial charge in [-0.2, -0.15) is 0 Å². The third kappa shape index (κ3) is 4.55. The van der Waals surface area contributed by atoms with Crippen molar-refractivity contribution in [1.29, 1.82) is 0 Å². The van der Waals surface area contributed by atoms with Crippen molar-refractivity contribution in [3.63, 3.8) is 0 Å². The summed E-state index contributed by atoms with van der Waals surface area (Å²) in [4.78, 5) is 24.8. The van der Waals surface area contributed by atoms with Crippen LogP contribution in [0, 0.1) is 0 Å². The van der Waals surface area contributed by atoms with E-state index in [2.05, 4.69) is 26.3 Å². The highest BCUT2D eigenvalue weighted by Crippen LogP contribution is 2.08. The van der Waals surface area contributed by atoms with Crippen molar-refractivity contribution in [3.8, 4) is 0 Å². The number of carbonyl (C=O) groups excluding carboxylic acids is 1. The minimum Gasteiger partial charge on any atom is -0.335 e. The smallest absolute Gasteiger partial charge is 0.317 e. The zero-order valence-corrected chi connectivity index (χ0v) is 14.0. The molecule has 1 aliphatic heterocycles. The van der Waals surface area contributed by atoms with Gasteiger partial charge in [0.15, 0.2) is 0 Å². The number of piperazine rings is 1. The van der Waals surface area contributed by atoms with E-state index in [9.17, 15) is 4.79 Å². The third-order valence-electron chi connectivity index (χ3n) is 4.20. The van der Waals surface area contributed by atoms with Gasteiger partial charge in [-0.25, -0.2) is 9.78 Å². The largest absolute Gasteiger partial charge is 0.335 e. The molecule has 0 aromatic carbocycles. The number of urea groups is 1. The number of rotatable bonds is 5. The van der Waals surface area contributed by atoms with Crippen LogP contribution >= 0.6 is 0 Å². The summed E-state index contributed by atoms with van der Waals surface area (Å²) < 4.78 is 1.97. The molecule has 2 amide bonds. The molecule has 1 atom stereocenters. The molecule has 0 spiro atoms. The van der Waals surface area contributed by atoms with Gasteiger partial charge in [0.2, 0.25) is 0 Å². The molecule has 1 fully saturated rings. The van der Waals surface area contributed by atoms with Gasteiger partial charge in [0.05, 0.1) is 6.33 Å². The Morgan fingerprint density at radius 1 is 1.25 bits per heavy atom. The maximum Gasteiger partial charge on any atom is 0.317 e. The lowest BCUT2D eigenvalue weighted by molar-refractivity contribution is 0.133. The van der Waals surface area contributed by atoms with E-state index in [-0.39, 0.29) is 12.1 Å². The molecule has 24 heavy (non-hydrogen) atoms. The van der Waals surface area contributed by atoms with Crippen molar-refractivity contribution < 1.29 is 4.79 Å². The van der Waals surface area contributed by atoms with Crippen molar-refractivity contribution in [2.24, 2.45) is 0 Å². The molecule has 0 saturated carbocycles. The predicted octanol–water partition coefficient (Wildman–Crippen LogP) is 1.19. The normalized spacial score (nSPS) is 16.8. The minimum absolute atomic E-state index is 0.0173. The van der Waals surface area contributed by atoms with Crippen molar-refractivity contribution in [1.82, 2.24) is 29.7 Å². The lowest BCUT2D eigenvalue weighted by Gasteiger charge is -2.35. The van der Waals surface area contributed by atoms with Crippen LogP contribution in [-0.4, -0.2) is 62.6 Å². The lowest BCUT2D eigenvalue weighted by Crippen LogP contribution is -2.53. The Morgan fingerprint density at radius 3 is 2.75 bits per heavy atom. The third-order valence-corrected chi connectivity index (χ3v) is 4.20. The highest BCUT2D eigenvalue weighted by Gasteiger charge is 2.22. The number of amides is 2. The molecule has 1 N–H and O–H groups in total. The topological polar surface area (TPSA) is 66.3 Å². The quantitative estimate of drug-likeness (QED) is 0.895. The van der Waals surface area contributed by atoms with Crippen molar-refractivity contribution >= 4 is 6.03 Å². The fourth-order valence-corrected chi connectivity index (χ4v) is 2.92. The molecule has 3 rings (SSSR count). The van der Waals surface area contributed by atoms with E-state index in [0.717, 1.165) is 39.3 Å². The Morgan fingerprint density at radius 2 is 2.08 bits per heavy atom. The average molecular weight is 328 g/mol. The molecule has 128 valence electrons. The summed E-state index contributed by atoms with van der Waals surface area (Å²) in [6.07, 6.45) is 9.10. The van der Waals surface area contributed by atoms with E-state index in [4.69, 9.17) is 0 Å². The number of hydrogen-bond acceptors (Lipinski definition) is 4. The predicted molar refractivity (Wildman–Crippen MR) is 91.3 cm³/mol. The molecule has 2 aromatic rings. The Kier molecular flexibility index (Phi) is 5.43. The van der Waals surface area contributed by atoms with E-state index in [0.29, 0.717) is 0 Å². The average Bonchev–Trinajstić information content (AvgIpc) is 3.09. The molecule has 0 unspecified atom stereocenters. The van der Waals surface area contributed by atoms with E-state index in [1.165, 1.54) is 5.56 Å². The number of imidazole rings is 1. The summed E-state index contributed by atoms with van der Waals surface area (Å²) in [7, 11) is 0. The summed E-state index contributed by atoms with van der Waals surface area (Å²) in [5.41, 5.74) is 1.21. The van der Waals surface area contributed by atoms with Gasteiger partial charge in [0, 0.05) is 70.1 Å². The van der Waals surface area contributed by atoms with Crippen LogP contribution in [0.1, 0.15) is 12.5 Å². The van der Waals surface area contributed by atoms with Crippen LogP contribution in [0.4, 0.5) is 4.79 Å². The molecule has 7 nitrogen and oxygen atoms in total. The molecule has 3 heterocycles. The van der Waals surface area contributed by atoms with Gasteiger partial charge < -0.3 is 14.8 Å². The van der Waals surface area contributed by atoms with Crippen molar-refractivity contribution in [2.45, 2.75) is 26.1 Å². The minimum atomic E-state index is 0.0173. The standard InChI is InChI=1S/C17H24N6O/c1-15(12-22-6-5-19-14-22)20-17(24)23-9-7-21(8-10-23)13-16-3-2-4-18-11-16/h2-6,11,14-15H,7-10,12-13H2,1H3,(H,20,24)/t15-/m1/s1. The molecular formula is C17H24N6O.